The van der Waals surface area contributed by atoms with E-state index in [1.807, 2.05) is 84.2 Å². The van der Waals surface area contributed by atoms with Gasteiger partial charge in [0.25, 0.3) is 0 Å². The molecule has 47 heavy (non-hydrogen) atoms. The standard InChI is InChI=1S/C29H28N10O.C6H6S/c1-19(40)37-11-13-38(14-12-37)21-5-6-26(32-15-21)36-29-31-10-8-24(35-29)25-17-33-27-7-4-20(18-39(25)27)23-16-34-28-22(23)3-2-9-30-28;7-6-4-2-1-3-5-6/h2-10,15,17-18,23H,11-14,16H2,1H3,(H,30,34)(H,31,32,35,36);1-5,7H. The van der Waals surface area contributed by atoms with Crippen molar-refractivity contribution < 1.29 is 4.79 Å². The lowest BCUT2D eigenvalue weighted by Gasteiger charge is -2.35. The number of amides is 1. The Bertz CT molecular complexity index is 1990. The van der Waals surface area contributed by atoms with Gasteiger partial charge >= 0.3 is 0 Å². The van der Waals surface area contributed by atoms with Gasteiger partial charge in [-0.3, -0.25) is 9.20 Å². The van der Waals surface area contributed by atoms with Gasteiger partial charge in [0.05, 0.1) is 29.5 Å². The Morgan fingerprint density at radius 2 is 1.72 bits per heavy atom. The smallest absolute Gasteiger partial charge is 0.228 e. The zero-order valence-corrected chi connectivity index (χ0v) is 26.8. The number of hydrogen-bond acceptors (Lipinski definition) is 10. The molecule has 1 aromatic carbocycles. The van der Waals surface area contributed by atoms with Crippen LogP contribution in [0.25, 0.3) is 17.0 Å². The summed E-state index contributed by atoms with van der Waals surface area (Å²) in [5.74, 6) is 2.40. The first kappa shape index (κ1) is 30.2. The number of carbonyl (C=O) groups excluding carboxylic acids is 1. The van der Waals surface area contributed by atoms with Gasteiger partial charge in [0.1, 0.15) is 17.3 Å². The summed E-state index contributed by atoms with van der Waals surface area (Å²) in [5, 5.41) is 6.63. The third kappa shape index (κ3) is 6.73. The molecule has 0 spiro atoms. The first-order chi connectivity index (χ1) is 23.0. The number of fused-ring (bicyclic) bond motifs is 2. The molecule has 1 fully saturated rings. The third-order valence-corrected chi connectivity index (χ3v) is 8.67. The molecule has 1 saturated heterocycles. The molecule has 8 rings (SSSR count). The van der Waals surface area contributed by atoms with Crippen LogP contribution in [0.5, 0.6) is 0 Å². The van der Waals surface area contributed by atoms with Gasteiger partial charge in [0.15, 0.2) is 0 Å². The molecule has 6 aromatic rings. The summed E-state index contributed by atoms with van der Waals surface area (Å²) in [6, 6.07) is 23.9. The summed E-state index contributed by atoms with van der Waals surface area (Å²) in [7, 11) is 0. The van der Waals surface area contributed by atoms with E-state index < -0.39 is 0 Å². The van der Waals surface area contributed by atoms with Gasteiger partial charge in [-0.25, -0.2) is 24.9 Å². The first-order valence-electron chi connectivity index (χ1n) is 15.5. The lowest BCUT2D eigenvalue weighted by atomic mass is 9.96. The van der Waals surface area contributed by atoms with Crippen LogP contribution in [-0.4, -0.2) is 72.9 Å². The summed E-state index contributed by atoms with van der Waals surface area (Å²) in [6.07, 6.45) is 9.37. The Balaban J connectivity index is 0.000000447. The second kappa shape index (κ2) is 13.5. The van der Waals surface area contributed by atoms with Crippen molar-refractivity contribution in [3.63, 3.8) is 0 Å². The number of rotatable bonds is 5. The molecule has 0 radical (unpaired) electrons. The van der Waals surface area contributed by atoms with E-state index in [2.05, 4.69) is 70.8 Å². The van der Waals surface area contributed by atoms with Crippen molar-refractivity contribution in [3.8, 4) is 11.4 Å². The predicted molar refractivity (Wildman–Crippen MR) is 186 cm³/mol. The normalized spacial score (nSPS) is 15.4. The molecule has 5 aromatic heterocycles. The van der Waals surface area contributed by atoms with E-state index in [0.717, 1.165) is 66.2 Å². The van der Waals surface area contributed by atoms with E-state index in [-0.39, 0.29) is 11.8 Å². The average molecular weight is 643 g/mol. The molecule has 2 N–H and O–H groups in total. The summed E-state index contributed by atoms with van der Waals surface area (Å²) in [4.78, 5) is 39.5. The molecule has 1 unspecified atom stereocenters. The van der Waals surface area contributed by atoms with Crippen molar-refractivity contribution in [1.29, 1.82) is 0 Å². The minimum Gasteiger partial charge on any atom is -0.369 e. The van der Waals surface area contributed by atoms with E-state index >= 15 is 0 Å². The summed E-state index contributed by atoms with van der Waals surface area (Å²) in [5.41, 5.74) is 5.91. The van der Waals surface area contributed by atoms with Crippen molar-refractivity contribution in [2.45, 2.75) is 17.7 Å². The number of pyridine rings is 3. The maximum atomic E-state index is 11.6. The molecule has 236 valence electrons. The van der Waals surface area contributed by atoms with Gasteiger partial charge in [-0.15, -0.1) is 12.6 Å². The lowest BCUT2D eigenvalue weighted by molar-refractivity contribution is -0.129. The SMILES string of the molecule is CC(=O)N1CCN(c2ccc(Nc3nccc(-c4cnc5ccc(C6CNc7ncccc76)cn45)n3)nc2)CC1.Sc1ccccc1. The summed E-state index contributed by atoms with van der Waals surface area (Å²) >= 11 is 4.08. The van der Waals surface area contributed by atoms with Gasteiger partial charge in [0, 0.05) is 74.6 Å². The molecule has 0 saturated carbocycles. The van der Waals surface area contributed by atoms with Gasteiger partial charge in [-0.05, 0) is 48.0 Å². The van der Waals surface area contributed by atoms with Gasteiger partial charge < -0.3 is 20.4 Å². The molecule has 1 amide bonds. The second-order valence-electron chi connectivity index (χ2n) is 11.3. The quantitative estimate of drug-likeness (QED) is 0.209. The van der Waals surface area contributed by atoms with Gasteiger partial charge in [-0.1, -0.05) is 30.3 Å². The van der Waals surface area contributed by atoms with E-state index in [4.69, 9.17) is 4.98 Å². The molecule has 0 aliphatic carbocycles. The molecule has 11 nitrogen and oxygen atoms in total. The molecule has 2 aliphatic rings. The molecule has 12 heteroatoms. The Labute approximate surface area is 278 Å². The van der Waals surface area contributed by atoms with Crippen molar-refractivity contribution in [2.24, 2.45) is 0 Å². The van der Waals surface area contributed by atoms with Crippen LogP contribution in [0.15, 0.2) is 109 Å². The first-order valence-corrected chi connectivity index (χ1v) is 15.9. The Hall–Kier alpha value is -5.49. The molecular formula is C35H34N10OS. The Kier molecular flexibility index (Phi) is 8.65. The largest absolute Gasteiger partial charge is 0.369 e. The van der Waals surface area contributed by atoms with Gasteiger partial charge in [0.2, 0.25) is 11.9 Å². The third-order valence-electron chi connectivity index (χ3n) is 8.37. The number of benzene rings is 1. The number of imidazole rings is 1. The number of nitrogens with zero attached hydrogens (tertiary/aromatic N) is 8. The van der Waals surface area contributed by atoms with Crippen LogP contribution in [0, 0.1) is 0 Å². The molecule has 0 bridgehead atoms. The van der Waals surface area contributed by atoms with Crippen LogP contribution in [0.4, 0.5) is 23.3 Å². The fourth-order valence-electron chi connectivity index (χ4n) is 5.88. The topological polar surface area (TPSA) is 116 Å². The summed E-state index contributed by atoms with van der Waals surface area (Å²) < 4.78 is 2.08. The number of anilines is 4. The van der Waals surface area contributed by atoms with E-state index in [1.165, 1.54) is 11.1 Å². The lowest BCUT2D eigenvalue weighted by Crippen LogP contribution is -2.48. The predicted octanol–water partition coefficient (Wildman–Crippen LogP) is 5.53. The van der Waals surface area contributed by atoms with Crippen molar-refractivity contribution in [1.82, 2.24) is 34.2 Å². The van der Waals surface area contributed by atoms with E-state index in [9.17, 15) is 4.79 Å². The maximum Gasteiger partial charge on any atom is 0.228 e. The highest BCUT2D eigenvalue weighted by atomic mass is 32.1. The van der Waals surface area contributed by atoms with Crippen LogP contribution < -0.4 is 15.5 Å². The minimum absolute atomic E-state index is 0.123. The Morgan fingerprint density at radius 3 is 2.47 bits per heavy atom. The van der Waals surface area contributed by atoms with Crippen LogP contribution in [0.3, 0.4) is 0 Å². The highest BCUT2D eigenvalue weighted by Crippen LogP contribution is 2.35. The number of hydrogen-bond donors (Lipinski definition) is 3. The highest BCUT2D eigenvalue weighted by molar-refractivity contribution is 7.80. The van der Waals surface area contributed by atoms with E-state index in [0.29, 0.717) is 11.8 Å². The number of thiol groups is 1. The fourth-order valence-corrected chi connectivity index (χ4v) is 6.05. The number of nitrogens with one attached hydrogen (secondary N) is 2. The second-order valence-corrected chi connectivity index (χ2v) is 11.8. The zero-order chi connectivity index (χ0) is 32.2. The Morgan fingerprint density at radius 1 is 0.872 bits per heavy atom. The van der Waals surface area contributed by atoms with Crippen LogP contribution in [0.2, 0.25) is 0 Å². The fraction of sp³-hybridized carbons (Fsp3) is 0.200. The van der Waals surface area contributed by atoms with Crippen molar-refractivity contribution in [3.05, 3.63) is 115 Å². The average Bonchev–Trinajstić information content (AvgIpc) is 3.74. The molecular weight excluding hydrogens is 609 g/mol. The number of carbonyl (C=O) groups is 1. The van der Waals surface area contributed by atoms with Crippen molar-refractivity contribution in [2.75, 3.05) is 48.3 Å². The monoisotopic (exact) mass is 642 g/mol. The molecule has 1 atom stereocenters. The number of aromatic nitrogens is 6. The minimum atomic E-state index is 0.123. The van der Waals surface area contributed by atoms with E-state index in [1.54, 1.807) is 13.1 Å². The number of piperazine rings is 1. The molecule has 7 heterocycles. The highest BCUT2D eigenvalue weighted by Gasteiger charge is 2.25. The van der Waals surface area contributed by atoms with Gasteiger partial charge in [-0.2, -0.15) is 0 Å². The van der Waals surface area contributed by atoms with Crippen LogP contribution in [0.1, 0.15) is 24.0 Å². The van der Waals surface area contributed by atoms with Crippen molar-refractivity contribution >= 4 is 47.5 Å². The van der Waals surface area contributed by atoms with Crippen LogP contribution >= 0.6 is 12.6 Å². The maximum absolute atomic E-state index is 11.6. The zero-order valence-electron chi connectivity index (χ0n) is 25.9. The molecule has 2 aliphatic heterocycles. The summed E-state index contributed by atoms with van der Waals surface area (Å²) in [6.45, 7) is 5.46. The van der Waals surface area contributed by atoms with Crippen LogP contribution in [-0.2, 0) is 4.79 Å².